The molecule has 1 amide bonds. The first-order chi connectivity index (χ1) is 8.67. The van der Waals surface area contributed by atoms with Gasteiger partial charge in [0.2, 0.25) is 5.91 Å². The molecule has 1 atom stereocenters. The van der Waals surface area contributed by atoms with Crippen LogP contribution >= 0.6 is 24.8 Å². The minimum Gasteiger partial charge on any atom is -0.369 e. The van der Waals surface area contributed by atoms with E-state index in [2.05, 4.69) is 22.3 Å². The van der Waals surface area contributed by atoms with Gasteiger partial charge in [-0.25, -0.2) is 0 Å². The Hall–Kier alpha value is -0.970. The van der Waals surface area contributed by atoms with Crippen molar-refractivity contribution in [2.24, 2.45) is 5.73 Å². The van der Waals surface area contributed by atoms with Gasteiger partial charge in [-0.1, -0.05) is 18.2 Å². The van der Waals surface area contributed by atoms with Crippen molar-refractivity contribution in [3.63, 3.8) is 0 Å². The standard InChI is InChI=1S/C14H19N3O.2ClH/c15-14(7-8-14)13(18)16-11-6-9-17(10-11)12-4-2-1-3-5-12;;/h1-5,11H,6-10,15H2,(H,16,18);2*1H. The molecule has 0 radical (unpaired) electrons. The number of hydrogen-bond acceptors (Lipinski definition) is 3. The molecule has 0 aromatic heterocycles. The number of benzene rings is 1. The van der Waals surface area contributed by atoms with Crippen LogP contribution in [-0.2, 0) is 4.79 Å². The lowest BCUT2D eigenvalue weighted by Crippen LogP contribution is -2.47. The van der Waals surface area contributed by atoms with Gasteiger partial charge in [0.1, 0.15) is 0 Å². The van der Waals surface area contributed by atoms with Gasteiger partial charge in [-0.3, -0.25) is 4.79 Å². The largest absolute Gasteiger partial charge is 0.369 e. The van der Waals surface area contributed by atoms with Crippen LogP contribution in [0.2, 0.25) is 0 Å². The van der Waals surface area contributed by atoms with E-state index in [-0.39, 0.29) is 36.8 Å². The van der Waals surface area contributed by atoms with Crippen LogP contribution in [0, 0.1) is 0 Å². The lowest BCUT2D eigenvalue weighted by molar-refractivity contribution is -0.123. The summed E-state index contributed by atoms with van der Waals surface area (Å²) in [5, 5.41) is 3.08. The molecule has 0 spiro atoms. The molecule has 3 N–H and O–H groups in total. The lowest BCUT2D eigenvalue weighted by Gasteiger charge is -2.19. The Kier molecular flexibility index (Phi) is 5.68. The molecule has 1 unspecified atom stereocenters. The highest BCUT2D eigenvalue weighted by Gasteiger charge is 2.46. The molecular formula is C14H21Cl2N3O. The Labute approximate surface area is 131 Å². The monoisotopic (exact) mass is 317 g/mol. The van der Waals surface area contributed by atoms with E-state index in [1.807, 2.05) is 18.2 Å². The van der Waals surface area contributed by atoms with Gasteiger partial charge in [0.15, 0.2) is 0 Å². The van der Waals surface area contributed by atoms with Crippen molar-refractivity contribution in [3.8, 4) is 0 Å². The second-order valence-corrected chi connectivity index (χ2v) is 5.40. The molecule has 1 aromatic carbocycles. The number of nitrogens with one attached hydrogen (secondary N) is 1. The second-order valence-electron chi connectivity index (χ2n) is 5.40. The molecule has 1 heterocycles. The summed E-state index contributed by atoms with van der Waals surface area (Å²) in [4.78, 5) is 14.2. The SMILES string of the molecule is Cl.Cl.NC1(C(=O)NC2CCN(c3ccccc3)C2)CC1. The Morgan fingerprint density at radius 3 is 2.50 bits per heavy atom. The van der Waals surface area contributed by atoms with E-state index in [0.717, 1.165) is 32.4 Å². The summed E-state index contributed by atoms with van der Waals surface area (Å²) in [5.74, 6) is 0.0300. The van der Waals surface area contributed by atoms with Crippen LogP contribution in [0.15, 0.2) is 30.3 Å². The van der Waals surface area contributed by atoms with E-state index >= 15 is 0 Å². The van der Waals surface area contributed by atoms with Crippen LogP contribution in [-0.4, -0.2) is 30.6 Å². The predicted octanol–water partition coefficient (Wildman–Crippen LogP) is 1.72. The molecule has 2 fully saturated rings. The molecule has 1 saturated carbocycles. The fourth-order valence-electron chi connectivity index (χ4n) is 2.44. The number of rotatable bonds is 3. The maximum atomic E-state index is 11.9. The van der Waals surface area contributed by atoms with Gasteiger partial charge in [-0.2, -0.15) is 0 Å². The number of nitrogens with zero attached hydrogens (tertiary/aromatic N) is 1. The summed E-state index contributed by atoms with van der Waals surface area (Å²) in [6.07, 6.45) is 2.65. The molecule has 1 aromatic rings. The van der Waals surface area contributed by atoms with E-state index in [4.69, 9.17) is 5.73 Å². The van der Waals surface area contributed by atoms with Crippen LogP contribution in [0.3, 0.4) is 0 Å². The van der Waals surface area contributed by atoms with Gasteiger partial charge in [-0.15, -0.1) is 24.8 Å². The van der Waals surface area contributed by atoms with Crippen molar-refractivity contribution < 1.29 is 4.79 Å². The Morgan fingerprint density at radius 1 is 1.25 bits per heavy atom. The Morgan fingerprint density at radius 2 is 1.90 bits per heavy atom. The fourth-order valence-corrected chi connectivity index (χ4v) is 2.44. The number of nitrogens with two attached hydrogens (primary N) is 1. The molecule has 1 aliphatic carbocycles. The third-order valence-electron chi connectivity index (χ3n) is 3.89. The predicted molar refractivity (Wildman–Crippen MR) is 85.9 cm³/mol. The quantitative estimate of drug-likeness (QED) is 0.892. The van der Waals surface area contributed by atoms with Gasteiger partial charge < -0.3 is 16.0 Å². The van der Waals surface area contributed by atoms with Crippen LogP contribution in [0.25, 0.3) is 0 Å². The van der Waals surface area contributed by atoms with Crippen molar-refractivity contribution >= 4 is 36.4 Å². The van der Waals surface area contributed by atoms with Gasteiger partial charge >= 0.3 is 0 Å². The van der Waals surface area contributed by atoms with Gasteiger partial charge in [0, 0.05) is 24.8 Å². The van der Waals surface area contributed by atoms with Gasteiger partial charge in [-0.05, 0) is 31.4 Å². The molecule has 2 aliphatic rings. The molecule has 20 heavy (non-hydrogen) atoms. The summed E-state index contributed by atoms with van der Waals surface area (Å²) in [6, 6.07) is 10.6. The summed E-state index contributed by atoms with van der Waals surface area (Å²) in [5.41, 5.74) is 6.56. The third kappa shape index (κ3) is 3.57. The van der Waals surface area contributed by atoms with Crippen LogP contribution in [0.1, 0.15) is 19.3 Å². The Bertz CT molecular complexity index is 451. The van der Waals surface area contributed by atoms with Crippen LogP contribution in [0.4, 0.5) is 5.69 Å². The average Bonchev–Trinajstić information content (AvgIpc) is 2.98. The summed E-state index contributed by atoms with van der Waals surface area (Å²) >= 11 is 0. The van der Waals surface area contributed by atoms with Crippen molar-refractivity contribution in [1.82, 2.24) is 5.32 Å². The fraction of sp³-hybridized carbons (Fsp3) is 0.500. The third-order valence-corrected chi connectivity index (χ3v) is 3.89. The highest BCUT2D eigenvalue weighted by atomic mass is 35.5. The van der Waals surface area contributed by atoms with Crippen molar-refractivity contribution in [1.29, 1.82) is 0 Å². The number of para-hydroxylation sites is 1. The number of halogens is 2. The summed E-state index contributed by atoms with van der Waals surface area (Å²) in [6.45, 7) is 1.87. The maximum absolute atomic E-state index is 11.9. The first-order valence-electron chi connectivity index (χ1n) is 6.57. The van der Waals surface area contributed by atoms with Gasteiger partial charge in [0.25, 0.3) is 0 Å². The van der Waals surface area contributed by atoms with E-state index < -0.39 is 5.54 Å². The first-order valence-corrected chi connectivity index (χ1v) is 6.57. The summed E-state index contributed by atoms with van der Waals surface area (Å²) < 4.78 is 0. The number of anilines is 1. The van der Waals surface area contributed by atoms with Gasteiger partial charge in [0.05, 0.1) is 5.54 Å². The Balaban J connectivity index is 0.000001000. The molecule has 112 valence electrons. The molecule has 3 rings (SSSR count). The highest BCUT2D eigenvalue weighted by Crippen LogP contribution is 2.32. The molecule has 1 saturated heterocycles. The zero-order chi connectivity index (χ0) is 12.6. The lowest BCUT2D eigenvalue weighted by atomic mass is 10.2. The minimum absolute atomic E-state index is 0. The minimum atomic E-state index is -0.555. The molecule has 0 bridgehead atoms. The van der Waals surface area contributed by atoms with Crippen molar-refractivity contribution in [3.05, 3.63) is 30.3 Å². The van der Waals surface area contributed by atoms with Crippen LogP contribution in [0.5, 0.6) is 0 Å². The van der Waals surface area contributed by atoms with Crippen molar-refractivity contribution in [2.75, 3.05) is 18.0 Å². The van der Waals surface area contributed by atoms with Crippen LogP contribution < -0.4 is 16.0 Å². The smallest absolute Gasteiger partial charge is 0.240 e. The highest BCUT2D eigenvalue weighted by molar-refractivity contribution is 5.89. The zero-order valence-electron chi connectivity index (χ0n) is 11.2. The molecular weight excluding hydrogens is 297 g/mol. The van der Waals surface area contributed by atoms with Crippen molar-refractivity contribution in [2.45, 2.75) is 30.8 Å². The normalized spacial score (nSPS) is 22.4. The molecule has 4 nitrogen and oxygen atoms in total. The zero-order valence-corrected chi connectivity index (χ0v) is 12.9. The number of carbonyl (C=O) groups excluding carboxylic acids is 1. The topological polar surface area (TPSA) is 58.4 Å². The number of carbonyl (C=O) groups is 1. The average molecular weight is 318 g/mol. The van der Waals surface area contributed by atoms with E-state index in [1.165, 1.54) is 5.69 Å². The number of hydrogen-bond donors (Lipinski definition) is 2. The number of amides is 1. The first kappa shape index (κ1) is 17.1. The second kappa shape index (κ2) is 6.66. The molecule has 6 heteroatoms. The molecule has 1 aliphatic heterocycles. The summed E-state index contributed by atoms with van der Waals surface area (Å²) in [7, 11) is 0. The van der Waals surface area contributed by atoms with E-state index in [9.17, 15) is 4.79 Å². The van der Waals surface area contributed by atoms with E-state index in [1.54, 1.807) is 0 Å². The van der Waals surface area contributed by atoms with E-state index in [0.29, 0.717) is 0 Å². The maximum Gasteiger partial charge on any atom is 0.240 e.